The zero-order valence-corrected chi connectivity index (χ0v) is 17.2. The van der Waals surface area contributed by atoms with Crippen LogP contribution in [0.25, 0.3) is 10.9 Å². The van der Waals surface area contributed by atoms with Gasteiger partial charge in [-0.05, 0) is 37.6 Å². The minimum Gasteiger partial charge on any atom is -0.493 e. The van der Waals surface area contributed by atoms with Crippen molar-refractivity contribution < 1.29 is 14.3 Å². The fraction of sp³-hybridized carbons (Fsp3) is 0.318. The Kier molecular flexibility index (Phi) is 6.16. The van der Waals surface area contributed by atoms with E-state index in [1.165, 1.54) is 0 Å². The third-order valence-corrected chi connectivity index (χ3v) is 4.68. The highest BCUT2D eigenvalue weighted by Crippen LogP contribution is 2.36. The Hall–Kier alpha value is -3.35. The highest BCUT2D eigenvalue weighted by atomic mass is 16.5. The second-order valence-corrected chi connectivity index (χ2v) is 6.80. The Balaban J connectivity index is 2.02. The minimum atomic E-state index is -0.711. The van der Waals surface area contributed by atoms with Crippen molar-refractivity contribution >= 4 is 28.3 Å². The van der Waals surface area contributed by atoms with Crippen molar-refractivity contribution in [2.75, 3.05) is 19.1 Å². The first-order chi connectivity index (χ1) is 13.9. The van der Waals surface area contributed by atoms with Crippen molar-refractivity contribution in [3.05, 3.63) is 48.3 Å². The van der Waals surface area contributed by atoms with Crippen LogP contribution in [-0.4, -0.2) is 36.1 Å². The summed E-state index contributed by atoms with van der Waals surface area (Å²) in [5.74, 6) is 1.97. The number of anilines is 2. The number of rotatable bonds is 8. The topological polar surface area (TPSA) is 90.6 Å². The predicted molar refractivity (Wildman–Crippen MR) is 114 cm³/mol. The van der Waals surface area contributed by atoms with Gasteiger partial charge in [0.1, 0.15) is 11.6 Å². The molecule has 1 amide bonds. The Bertz CT molecular complexity index is 1020. The van der Waals surface area contributed by atoms with E-state index in [1.807, 2.05) is 62.2 Å². The van der Waals surface area contributed by atoms with Crippen LogP contribution in [0.15, 0.2) is 42.5 Å². The SMILES string of the molecule is CCCC(Oc1cc(N(C)c2nc(C)nc3ccccc23)ccc1OC)C(N)=O. The number of amides is 1. The van der Waals surface area contributed by atoms with Gasteiger partial charge in [-0.15, -0.1) is 0 Å². The number of aryl methyl sites for hydroxylation is 1. The normalized spacial score (nSPS) is 11.9. The van der Waals surface area contributed by atoms with E-state index < -0.39 is 12.0 Å². The fourth-order valence-corrected chi connectivity index (χ4v) is 3.19. The van der Waals surface area contributed by atoms with Crippen molar-refractivity contribution in [2.24, 2.45) is 5.73 Å². The number of aromatic nitrogens is 2. The van der Waals surface area contributed by atoms with Gasteiger partial charge in [0.15, 0.2) is 17.6 Å². The van der Waals surface area contributed by atoms with E-state index in [2.05, 4.69) is 9.97 Å². The van der Waals surface area contributed by atoms with Gasteiger partial charge in [0.05, 0.1) is 12.6 Å². The van der Waals surface area contributed by atoms with Crippen molar-refractivity contribution in [3.8, 4) is 11.5 Å². The summed E-state index contributed by atoms with van der Waals surface area (Å²) < 4.78 is 11.3. The number of primary amides is 1. The van der Waals surface area contributed by atoms with Gasteiger partial charge in [0, 0.05) is 24.2 Å². The van der Waals surface area contributed by atoms with Gasteiger partial charge in [-0.1, -0.05) is 25.5 Å². The molecule has 1 aromatic heterocycles. The Morgan fingerprint density at radius 2 is 1.93 bits per heavy atom. The zero-order valence-electron chi connectivity index (χ0n) is 17.2. The van der Waals surface area contributed by atoms with Crippen LogP contribution in [0, 0.1) is 6.92 Å². The smallest absolute Gasteiger partial charge is 0.258 e. The lowest BCUT2D eigenvalue weighted by Gasteiger charge is -2.23. The summed E-state index contributed by atoms with van der Waals surface area (Å²) in [6, 6.07) is 13.4. The molecule has 0 bridgehead atoms. The van der Waals surface area contributed by atoms with Gasteiger partial charge < -0.3 is 20.1 Å². The number of methoxy groups -OCH3 is 1. The number of nitrogens with two attached hydrogens (primary N) is 1. The zero-order chi connectivity index (χ0) is 21.0. The molecule has 0 aliphatic rings. The largest absolute Gasteiger partial charge is 0.493 e. The van der Waals surface area contributed by atoms with Crippen LogP contribution in [0.5, 0.6) is 11.5 Å². The lowest BCUT2D eigenvalue weighted by atomic mass is 10.2. The Morgan fingerprint density at radius 1 is 1.17 bits per heavy atom. The van der Waals surface area contributed by atoms with Crippen LogP contribution in [-0.2, 0) is 4.79 Å². The molecule has 2 aromatic carbocycles. The fourth-order valence-electron chi connectivity index (χ4n) is 3.19. The number of fused-ring (bicyclic) bond motifs is 1. The number of carbonyl (C=O) groups excluding carboxylic acids is 1. The molecule has 3 aromatic rings. The number of para-hydroxylation sites is 1. The molecule has 29 heavy (non-hydrogen) atoms. The molecule has 0 saturated heterocycles. The molecule has 7 heteroatoms. The molecule has 0 saturated carbocycles. The Labute approximate surface area is 170 Å². The third-order valence-electron chi connectivity index (χ3n) is 4.68. The molecule has 0 fully saturated rings. The van der Waals surface area contributed by atoms with E-state index in [1.54, 1.807) is 13.2 Å². The summed E-state index contributed by atoms with van der Waals surface area (Å²) in [7, 11) is 3.49. The van der Waals surface area contributed by atoms with Gasteiger partial charge in [0.25, 0.3) is 5.91 Å². The van der Waals surface area contributed by atoms with E-state index >= 15 is 0 Å². The van der Waals surface area contributed by atoms with E-state index in [0.717, 1.165) is 28.8 Å². The molecule has 152 valence electrons. The summed E-state index contributed by atoms with van der Waals surface area (Å²) in [4.78, 5) is 22.8. The first kappa shape index (κ1) is 20.4. The van der Waals surface area contributed by atoms with Crippen molar-refractivity contribution in [3.63, 3.8) is 0 Å². The maximum absolute atomic E-state index is 11.7. The van der Waals surface area contributed by atoms with Crippen LogP contribution in [0.3, 0.4) is 0 Å². The molecular formula is C22H26N4O3. The molecule has 1 unspecified atom stereocenters. The highest BCUT2D eigenvalue weighted by molar-refractivity contribution is 5.91. The molecule has 0 aliphatic heterocycles. The molecular weight excluding hydrogens is 368 g/mol. The Morgan fingerprint density at radius 3 is 2.62 bits per heavy atom. The summed E-state index contributed by atoms with van der Waals surface area (Å²) in [6.07, 6.45) is 0.604. The number of hydrogen-bond acceptors (Lipinski definition) is 6. The van der Waals surface area contributed by atoms with Gasteiger partial charge in [-0.25, -0.2) is 9.97 Å². The van der Waals surface area contributed by atoms with Gasteiger partial charge >= 0.3 is 0 Å². The van der Waals surface area contributed by atoms with Crippen LogP contribution in [0.2, 0.25) is 0 Å². The number of benzene rings is 2. The number of carbonyl (C=O) groups is 1. The standard InChI is InChI=1S/C22H26N4O3/c1-5-8-19(21(23)27)29-20-13-15(11-12-18(20)28-4)26(3)22-16-9-6-7-10-17(16)24-14(2)25-22/h6-7,9-13,19H,5,8H2,1-4H3,(H2,23,27). The lowest BCUT2D eigenvalue weighted by molar-refractivity contribution is -0.125. The molecule has 0 spiro atoms. The van der Waals surface area contributed by atoms with E-state index in [9.17, 15) is 4.79 Å². The van der Waals surface area contributed by atoms with Gasteiger partial charge in [-0.2, -0.15) is 0 Å². The average molecular weight is 394 g/mol. The van der Waals surface area contributed by atoms with Crippen molar-refractivity contribution in [2.45, 2.75) is 32.8 Å². The van der Waals surface area contributed by atoms with E-state index in [4.69, 9.17) is 15.2 Å². The number of hydrogen-bond donors (Lipinski definition) is 1. The summed E-state index contributed by atoms with van der Waals surface area (Å²) in [5.41, 5.74) is 7.21. The molecule has 0 aliphatic carbocycles. The minimum absolute atomic E-state index is 0.462. The van der Waals surface area contributed by atoms with E-state index in [0.29, 0.717) is 23.7 Å². The second kappa shape index (κ2) is 8.77. The lowest BCUT2D eigenvalue weighted by Crippen LogP contribution is -2.33. The maximum Gasteiger partial charge on any atom is 0.258 e. The summed E-state index contributed by atoms with van der Waals surface area (Å²) >= 11 is 0. The summed E-state index contributed by atoms with van der Waals surface area (Å²) in [5, 5.41) is 0.944. The van der Waals surface area contributed by atoms with Gasteiger partial charge in [0.2, 0.25) is 0 Å². The second-order valence-electron chi connectivity index (χ2n) is 6.80. The maximum atomic E-state index is 11.7. The number of nitrogens with zero attached hydrogens (tertiary/aromatic N) is 3. The van der Waals surface area contributed by atoms with Crippen LogP contribution >= 0.6 is 0 Å². The molecule has 1 heterocycles. The third kappa shape index (κ3) is 4.39. The van der Waals surface area contributed by atoms with Crippen LogP contribution < -0.4 is 20.1 Å². The molecule has 2 N–H and O–H groups in total. The summed E-state index contributed by atoms with van der Waals surface area (Å²) in [6.45, 7) is 3.85. The average Bonchev–Trinajstić information content (AvgIpc) is 2.72. The highest BCUT2D eigenvalue weighted by Gasteiger charge is 2.20. The first-order valence-electron chi connectivity index (χ1n) is 9.55. The quantitative estimate of drug-likeness (QED) is 0.626. The van der Waals surface area contributed by atoms with Crippen molar-refractivity contribution in [1.29, 1.82) is 0 Å². The molecule has 1 atom stereocenters. The number of ether oxygens (including phenoxy) is 2. The molecule has 3 rings (SSSR count). The predicted octanol–water partition coefficient (Wildman–Crippen LogP) is 3.75. The van der Waals surface area contributed by atoms with Crippen molar-refractivity contribution in [1.82, 2.24) is 9.97 Å². The van der Waals surface area contributed by atoms with Gasteiger partial charge in [-0.3, -0.25) is 4.79 Å². The molecule has 0 radical (unpaired) electrons. The molecule has 7 nitrogen and oxygen atoms in total. The first-order valence-corrected chi connectivity index (χ1v) is 9.55. The van der Waals surface area contributed by atoms with Crippen LogP contribution in [0.4, 0.5) is 11.5 Å². The van der Waals surface area contributed by atoms with E-state index in [-0.39, 0.29) is 0 Å². The monoisotopic (exact) mass is 394 g/mol. The van der Waals surface area contributed by atoms with Crippen LogP contribution in [0.1, 0.15) is 25.6 Å².